The minimum Gasteiger partial charge on any atom is -0.478 e. The Morgan fingerprint density at radius 2 is 1.70 bits per heavy atom. The van der Waals surface area contributed by atoms with Gasteiger partial charge in [0.25, 0.3) is 0 Å². The maximum Gasteiger partial charge on any atom is 0.337 e. The summed E-state index contributed by atoms with van der Waals surface area (Å²) in [5, 5.41) is 9.07. The van der Waals surface area contributed by atoms with Gasteiger partial charge in [-0.15, -0.1) is 0 Å². The molecule has 0 aromatic heterocycles. The lowest BCUT2D eigenvalue weighted by Crippen LogP contribution is -1.95. The Bertz CT molecular complexity index is 663. The summed E-state index contributed by atoms with van der Waals surface area (Å²) in [4.78, 5) is 15.3. The van der Waals surface area contributed by atoms with Crippen molar-refractivity contribution in [1.82, 2.24) is 0 Å². The number of carbonyl (C=O) groups is 1. The number of allylic oxidation sites excluding steroid dienone is 1. The molecule has 2 aromatic rings. The first-order valence-electron chi connectivity index (χ1n) is 5.95. The molecule has 0 unspecified atom stereocenters. The van der Waals surface area contributed by atoms with E-state index in [4.69, 9.17) is 5.11 Å². The van der Waals surface area contributed by atoms with E-state index in [1.807, 2.05) is 36.4 Å². The molecule has 4 heteroatoms. The number of aliphatic imine (C=N–C) groups is 1. The summed E-state index contributed by atoms with van der Waals surface area (Å²) < 4.78 is 0.767. The molecule has 2 aromatic carbocycles. The minimum atomic E-state index is -0.985. The number of para-hydroxylation sites is 1. The fourth-order valence-corrected chi connectivity index (χ4v) is 2.01. The summed E-state index contributed by atoms with van der Waals surface area (Å²) in [6, 6.07) is 16.4. The molecule has 3 nitrogen and oxygen atoms in total. The van der Waals surface area contributed by atoms with Gasteiger partial charge in [0.15, 0.2) is 0 Å². The molecule has 0 bridgehead atoms. The van der Waals surface area contributed by atoms with Gasteiger partial charge >= 0.3 is 5.97 Å². The second kappa shape index (κ2) is 6.82. The number of hydrogen-bond donors (Lipinski definition) is 1. The third-order valence-corrected chi connectivity index (χ3v) is 3.00. The molecule has 0 atom stereocenters. The topological polar surface area (TPSA) is 49.7 Å². The molecule has 100 valence electrons. The second-order valence-corrected chi connectivity index (χ2v) is 4.94. The fraction of sp³-hybridized carbons (Fsp3) is 0. The third kappa shape index (κ3) is 3.90. The average Bonchev–Trinajstić information content (AvgIpc) is 2.46. The van der Waals surface area contributed by atoms with E-state index in [1.165, 1.54) is 6.07 Å². The van der Waals surface area contributed by atoms with Crippen LogP contribution in [0, 0.1) is 0 Å². The van der Waals surface area contributed by atoms with Crippen molar-refractivity contribution in [3.8, 4) is 0 Å². The molecule has 0 aliphatic rings. The van der Waals surface area contributed by atoms with Crippen LogP contribution in [-0.2, 0) is 0 Å². The number of halogens is 1. The van der Waals surface area contributed by atoms with Crippen molar-refractivity contribution >= 4 is 39.9 Å². The molecule has 0 saturated carbocycles. The standard InChI is InChI=1S/C16H12BrNO2/c17-13(10-12-6-2-1-3-7-12)11-18-15-9-5-4-8-14(15)16(19)20/h1-11H,(H,19,20). The number of nitrogens with zero attached hydrogens (tertiary/aromatic N) is 1. The van der Waals surface area contributed by atoms with E-state index < -0.39 is 5.97 Å². The Morgan fingerprint density at radius 1 is 1.05 bits per heavy atom. The largest absolute Gasteiger partial charge is 0.478 e. The monoisotopic (exact) mass is 329 g/mol. The molecule has 0 spiro atoms. The second-order valence-electron chi connectivity index (χ2n) is 4.02. The van der Waals surface area contributed by atoms with Gasteiger partial charge < -0.3 is 5.11 Å². The lowest BCUT2D eigenvalue weighted by atomic mass is 10.2. The SMILES string of the molecule is O=C(O)c1ccccc1N=CC(Br)=Cc1ccccc1. The van der Waals surface area contributed by atoms with Crippen LogP contribution in [0.5, 0.6) is 0 Å². The number of carboxylic acids is 1. The van der Waals surface area contributed by atoms with E-state index in [2.05, 4.69) is 20.9 Å². The molecule has 0 aliphatic heterocycles. The molecule has 0 aliphatic carbocycles. The number of benzene rings is 2. The van der Waals surface area contributed by atoms with Gasteiger partial charge in [0, 0.05) is 10.7 Å². The van der Waals surface area contributed by atoms with E-state index >= 15 is 0 Å². The molecule has 20 heavy (non-hydrogen) atoms. The summed E-state index contributed by atoms with van der Waals surface area (Å²) in [6.07, 6.45) is 3.50. The van der Waals surface area contributed by atoms with Gasteiger partial charge in [-0.3, -0.25) is 4.99 Å². The highest BCUT2D eigenvalue weighted by Gasteiger charge is 2.06. The predicted molar refractivity (Wildman–Crippen MR) is 84.9 cm³/mol. The van der Waals surface area contributed by atoms with Crippen LogP contribution in [0.4, 0.5) is 5.69 Å². The lowest BCUT2D eigenvalue weighted by molar-refractivity contribution is 0.0698. The number of rotatable bonds is 4. The van der Waals surface area contributed by atoms with Gasteiger partial charge in [-0.1, -0.05) is 42.5 Å². The van der Waals surface area contributed by atoms with Crippen molar-refractivity contribution in [2.45, 2.75) is 0 Å². The summed E-state index contributed by atoms with van der Waals surface area (Å²) in [5.74, 6) is -0.985. The zero-order chi connectivity index (χ0) is 14.4. The van der Waals surface area contributed by atoms with Gasteiger partial charge in [0.2, 0.25) is 0 Å². The maximum absolute atomic E-state index is 11.1. The van der Waals surface area contributed by atoms with Crippen LogP contribution in [0.3, 0.4) is 0 Å². The highest BCUT2D eigenvalue weighted by atomic mass is 79.9. The van der Waals surface area contributed by atoms with Crippen molar-refractivity contribution in [2.75, 3.05) is 0 Å². The van der Waals surface area contributed by atoms with E-state index in [-0.39, 0.29) is 5.56 Å². The molecule has 2 rings (SSSR count). The maximum atomic E-state index is 11.1. The highest BCUT2D eigenvalue weighted by molar-refractivity contribution is 9.12. The zero-order valence-corrected chi connectivity index (χ0v) is 12.1. The smallest absolute Gasteiger partial charge is 0.337 e. The van der Waals surface area contributed by atoms with Gasteiger partial charge in [0.1, 0.15) is 0 Å². The Kier molecular flexibility index (Phi) is 4.85. The number of carboxylic acid groups (broad SMARTS) is 1. The van der Waals surface area contributed by atoms with E-state index in [0.717, 1.165) is 10.0 Å². The summed E-state index contributed by atoms with van der Waals surface area (Å²) in [7, 11) is 0. The van der Waals surface area contributed by atoms with Crippen molar-refractivity contribution in [3.05, 3.63) is 70.2 Å². The third-order valence-electron chi connectivity index (χ3n) is 2.57. The number of hydrogen-bond acceptors (Lipinski definition) is 2. The summed E-state index contributed by atoms with van der Waals surface area (Å²) >= 11 is 3.40. The molecule has 0 fully saturated rings. The first-order chi connectivity index (χ1) is 9.66. The predicted octanol–water partition coefficient (Wildman–Crippen LogP) is 4.52. The summed E-state index contributed by atoms with van der Waals surface area (Å²) in [6.45, 7) is 0. The molecular formula is C16H12BrNO2. The Morgan fingerprint density at radius 3 is 2.40 bits per heavy atom. The van der Waals surface area contributed by atoms with Crippen molar-refractivity contribution < 1.29 is 9.90 Å². The van der Waals surface area contributed by atoms with E-state index in [9.17, 15) is 4.79 Å². The molecular weight excluding hydrogens is 318 g/mol. The Hall–Kier alpha value is -2.20. The number of aromatic carboxylic acids is 1. The van der Waals surface area contributed by atoms with Gasteiger partial charge in [-0.2, -0.15) is 0 Å². The van der Waals surface area contributed by atoms with Crippen LogP contribution >= 0.6 is 15.9 Å². The van der Waals surface area contributed by atoms with Crippen molar-refractivity contribution in [3.63, 3.8) is 0 Å². The van der Waals surface area contributed by atoms with Crippen molar-refractivity contribution in [2.24, 2.45) is 4.99 Å². The first-order valence-corrected chi connectivity index (χ1v) is 6.75. The summed E-state index contributed by atoms with van der Waals surface area (Å²) in [5.41, 5.74) is 1.65. The Labute approximate surface area is 125 Å². The average molecular weight is 330 g/mol. The normalized spacial score (nSPS) is 11.8. The molecule has 0 heterocycles. The Balaban J connectivity index is 2.22. The molecule has 0 amide bonds. The van der Waals surface area contributed by atoms with Gasteiger partial charge in [-0.25, -0.2) is 4.79 Å². The first kappa shape index (κ1) is 14.2. The van der Waals surface area contributed by atoms with E-state index in [0.29, 0.717) is 5.69 Å². The zero-order valence-electron chi connectivity index (χ0n) is 10.5. The molecule has 1 N–H and O–H groups in total. The quantitative estimate of drug-likeness (QED) is 0.838. The van der Waals surface area contributed by atoms with Crippen LogP contribution < -0.4 is 0 Å². The lowest BCUT2D eigenvalue weighted by Gasteiger charge is -1.99. The van der Waals surface area contributed by atoms with Crippen LogP contribution in [0.2, 0.25) is 0 Å². The van der Waals surface area contributed by atoms with Crippen LogP contribution in [0.25, 0.3) is 6.08 Å². The van der Waals surface area contributed by atoms with Crippen LogP contribution in [0.15, 0.2) is 64.1 Å². The van der Waals surface area contributed by atoms with Gasteiger partial charge in [0.05, 0.1) is 11.3 Å². The van der Waals surface area contributed by atoms with E-state index in [1.54, 1.807) is 24.4 Å². The molecule has 0 saturated heterocycles. The van der Waals surface area contributed by atoms with Crippen molar-refractivity contribution in [1.29, 1.82) is 0 Å². The highest BCUT2D eigenvalue weighted by Crippen LogP contribution is 2.19. The fourth-order valence-electron chi connectivity index (χ4n) is 1.64. The minimum absolute atomic E-state index is 0.184. The van der Waals surface area contributed by atoms with Crippen LogP contribution in [0.1, 0.15) is 15.9 Å². The molecule has 0 radical (unpaired) electrons. The van der Waals surface area contributed by atoms with Crippen LogP contribution in [-0.4, -0.2) is 17.3 Å². The van der Waals surface area contributed by atoms with Gasteiger partial charge in [-0.05, 0) is 39.7 Å².